The lowest BCUT2D eigenvalue weighted by Crippen LogP contribution is -2.52. The molecule has 0 radical (unpaired) electrons. The molecule has 1 fully saturated rings. The third kappa shape index (κ3) is 3.86. The van der Waals surface area contributed by atoms with Crippen LogP contribution < -0.4 is 16.4 Å². The number of imide groups is 1. The highest BCUT2D eigenvalue weighted by atomic mass is 16.2. The van der Waals surface area contributed by atoms with E-state index in [4.69, 9.17) is 5.73 Å². The Morgan fingerprint density at radius 3 is 2.62 bits per heavy atom. The summed E-state index contributed by atoms with van der Waals surface area (Å²) in [5.74, 6) is -0.820. The van der Waals surface area contributed by atoms with Crippen molar-refractivity contribution in [3.8, 4) is 0 Å². The maximum atomic E-state index is 12.9. The first-order valence-electron chi connectivity index (χ1n) is 9.85. The van der Waals surface area contributed by atoms with Crippen molar-refractivity contribution in [2.24, 2.45) is 5.73 Å². The van der Waals surface area contributed by atoms with Gasteiger partial charge in [0.2, 0.25) is 11.8 Å². The normalized spacial score (nSPS) is 18.6. The highest BCUT2D eigenvalue weighted by molar-refractivity contribution is 6.05. The summed E-state index contributed by atoms with van der Waals surface area (Å²) < 4.78 is 0. The largest absolute Gasteiger partial charge is 0.381 e. The SMILES string of the molecule is NCCc1ccc(NCc2cccc3c2CN(C2CCC(=O)NC2=O)C3=O)cc1. The molecule has 7 heteroatoms. The van der Waals surface area contributed by atoms with Crippen LogP contribution in [-0.4, -0.2) is 35.2 Å². The zero-order valence-electron chi connectivity index (χ0n) is 16.1. The molecule has 1 saturated heterocycles. The van der Waals surface area contributed by atoms with Gasteiger partial charge in [0.25, 0.3) is 5.91 Å². The minimum atomic E-state index is -0.594. The molecule has 0 aliphatic carbocycles. The molecule has 4 rings (SSSR count). The fourth-order valence-corrected chi connectivity index (χ4v) is 3.97. The van der Waals surface area contributed by atoms with Crippen LogP contribution in [0.15, 0.2) is 42.5 Å². The van der Waals surface area contributed by atoms with Crippen LogP contribution in [0.25, 0.3) is 0 Å². The van der Waals surface area contributed by atoms with Crippen LogP contribution in [0.5, 0.6) is 0 Å². The van der Waals surface area contributed by atoms with E-state index >= 15 is 0 Å². The number of nitrogens with one attached hydrogen (secondary N) is 2. The van der Waals surface area contributed by atoms with E-state index in [1.54, 1.807) is 11.0 Å². The second-order valence-corrected chi connectivity index (χ2v) is 7.43. The molecule has 150 valence electrons. The molecular formula is C22H24N4O3. The first-order valence-corrected chi connectivity index (χ1v) is 9.85. The summed E-state index contributed by atoms with van der Waals surface area (Å²) in [7, 11) is 0. The Kier molecular flexibility index (Phi) is 5.31. The number of carbonyl (C=O) groups is 3. The molecule has 2 heterocycles. The number of amides is 3. The van der Waals surface area contributed by atoms with Crippen LogP contribution in [0.4, 0.5) is 5.69 Å². The molecule has 0 spiro atoms. The Morgan fingerprint density at radius 2 is 1.90 bits per heavy atom. The summed E-state index contributed by atoms with van der Waals surface area (Å²) in [4.78, 5) is 38.1. The van der Waals surface area contributed by atoms with E-state index in [0.717, 1.165) is 23.2 Å². The van der Waals surface area contributed by atoms with Crippen molar-refractivity contribution in [2.75, 3.05) is 11.9 Å². The maximum Gasteiger partial charge on any atom is 0.255 e. The van der Waals surface area contributed by atoms with Gasteiger partial charge in [0, 0.05) is 30.8 Å². The minimum Gasteiger partial charge on any atom is -0.381 e. The lowest BCUT2D eigenvalue weighted by atomic mass is 10.0. The Morgan fingerprint density at radius 1 is 1.10 bits per heavy atom. The molecule has 2 aliphatic heterocycles. The van der Waals surface area contributed by atoms with Gasteiger partial charge in [-0.05, 0) is 54.3 Å². The molecule has 0 aromatic heterocycles. The molecular weight excluding hydrogens is 368 g/mol. The first kappa shape index (κ1) is 19.1. The fourth-order valence-electron chi connectivity index (χ4n) is 3.97. The van der Waals surface area contributed by atoms with Crippen molar-refractivity contribution in [1.82, 2.24) is 10.2 Å². The van der Waals surface area contributed by atoms with E-state index in [9.17, 15) is 14.4 Å². The first-order chi connectivity index (χ1) is 14.1. The topological polar surface area (TPSA) is 105 Å². The predicted molar refractivity (Wildman–Crippen MR) is 109 cm³/mol. The molecule has 1 unspecified atom stereocenters. The van der Waals surface area contributed by atoms with E-state index in [2.05, 4.69) is 22.8 Å². The van der Waals surface area contributed by atoms with Gasteiger partial charge in [-0.25, -0.2) is 0 Å². The molecule has 2 aromatic rings. The van der Waals surface area contributed by atoms with E-state index in [1.165, 1.54) is 5.56 Å². The zero-order valence-corrected chi connectivity index (χ0v) is 16.1. The van der Waals surface area contributed by atoms with Gasteiger partial charge in [-0.3, -0.25) is 19.7 Å². The van der Waals surface area contributed by atoms with E-state index < -0.39 is 6.04 Å². The third-order valence-electron chi connectivity index (χ3n) is 5.55. The second kappa shape index (κ2) is 8.05. The number of anilines is 1. The zero-order chi connectivity index (χ0) is 20.4. The van der Waals surface area contributed by atoms with Crippen molar-refractivity contribution in [3.05, 3.63) is 64.7 Å². The maximum absolute atomic E-state index is 12.9. The number of nitrogens with two attached hydrogens (primary N) is 1. The summed E-state index contributed by atoms with van der Waals surface area (Å²) in [6, 6.07) is 13.2. The fraction of sp³-hybridized carbons (Fsp3) is 0.318. The number of piperidine rings is 1. The van der Waals surface area contributed by atoms with E-state index in [0.29, 0.717) is 31.6 Å². The second-order valence-electron chi connectivity index (χ2n) is 7.43. The Bertz CT molecular complexity index is 955. The van der Waals surface area contributed by atoms with Crippen LogP contribution in [0.2, 0.25) is 0 Å². The van der Waals surface area contributed by atoms with E-state index in [-0.39, 0.29) is 24.1 Å². The van der Waals surface area contributed by atoms with E-state index in [1.807, 2.05) is 24.3 Å². The molecule has 0 bridgehead atoms. The number of benzene rings is 2. The molecule has 1 atom stereocenters. The summed E-state index contributed by atoms with van der Waals surface area (Å²) in [6.07, 6.45) is 1.48. The van der Waals surface area contributed by atoms with Crippen LogP contribution in [0, 0.1) is 0 Å². The van der Waals surface area contributed by atoms with Gasteiger partial charge in [0.15, 0.2) is 0 Å². The highest BCUT2D eigenvalue weighted by Gasteiger charge is 2.39. The summed E-state index contributed by atoms with van der Waals surface area (Å²) in [5.41, 5.74) is 10.4. The predicted octanol–water partition coefficient (Wildman–Crippen LogP) is 1.56. The third-order valence-corrected chi connectivity index (χ3v) is 5.55. The number of rotatable bonds is 6. The Balaban J connectivity index is 1.48. The molecule has 2 aromatic carbocycles. The van der Waals surface area contributed by atoms with Gasteiger partial charge in [-0.15, -0.1) is 0 Å². The Labute approximate surface area is 169 Å². The van der Waals surface area contributed by atoms with Crippen molar-refractivity contribution >= 4 is 23.4 Å². The van der Waals surface area contributed by atoms with Crippen molar-refractivity contribution in [1.29, 1.82) is 0 Å². The quantitative estimate of drug-likeness (QED) is 0.647. The molecule has 29 heavy (non-hydrogen) atoms. The number of hydrogen-bond acceptors (Lipinski definition) is 5. The van der Waals surface area contributed by atoms with Gasteiger partial charge < -0.3 is 16.0 Å². The van der Waals surface area contributed by atoms with Crippen LogP contribution in [0.1, 0.15) is 39.9 Å². The molecule has 0 saturated carbocycles. The van der Waals surface area contributed by atoms with Crippen LogP contribution >= 0.6 is 0 Å². The smallest absolute Gasteiger partial charge is 0.255 e. The highest BCUT2D eigenvalue weighted by Crippen LogP contribution is 2.30. The molecule has 2 aliphatic rings. The number of fused-ring (bicyclic) bond motifs is 1. The summed E-state index contributed by atoms with van der Waals surface area (Å²) >= 11 is 0. The summed E-state index contributed by atoms with van der Waals surface area (Å²) in [5, 5.41) is 5.74. The monoisotopic (exact) mass is 392 g/mol. The lowest BCUT2D eigenvalue weighted by molar-refractivity contribution is -0.136. The van der Waals surface area contributed by atoms with Gasteiger partial charge in [0.05, 0.1) is 0 Å². The standard InChI is InChI=1S/C22H24N4O3/c23-11-10-14-4-6-16(7-5-14)24-12-15-2-1-3-17-18(15)13-26(22(17)29)19-8-9-20(27)25-21(19)28/h1-7,19,24H,8-13,23H2,(H,25,27,28). The van der Waals surface area contributed by atoms with Crippen LogP contribution in [-0.2, 0) is 29.1 Å². The van der Waals surface area contributed by atoms with Gasteiger partial charge in [-0.1, -0.05) is 24.3 Å². The van der Waals surface area contributed by atoms with Gasteiger partial charge in [0.1, 0.15) is 6.04 Å². The molecule has 7 nitrogen and oxygen atoms in total. The minimum absolute atomic E-state index is 0.150. The van der Waals surface area contributed by atoms with Crippen molar-refractivity contribution < 1.29 is 14.4 Å². The van der Waals surface area contributed by atoms with Crippen LogP contribution in [0.3, 0.4) is 0 Å². The van der Waals surface area contributed by atoms with Gasteiger partial charge >= 0.3 is 0 Å². The lowest BCUT2D eigenvalue weighted by Gasteiger charge is -2.29. The average molecular weight is 392 g/mol. The number of carbonyl (C=O) groups excluding carboxylic acids is 3. The van der Waals surface area contributed by atoms with Crippen molar-refractivity contribution in [2.45, 2.75) is 38.4 Å². The van der Waals surface area contributed by atoms with Gasteiger partial charge in [-0.2, -0.15) is 0 Å². The summed E-state index contributed by atoms with van der Waals surface area (Å²) in [6.45, 7) is 1.59. The Hall–Kier alpha value is -3.19. The molecule has 4 N–H and O–H groups in total. The number of hydrogen-bond donors (Lipinski definition) is 3. The molecule has 3 amide bonds. The van der Waals surface area contributed by atoms with Crippen molar-refractivity contribution in [3.63, 3.8) is 0 Å². The number of nitrogens with zero attached hydrogens (tertiary/aromatic N) is 1. The average Bonchev–Trinajstić information content (AvgIpc) is 3.05.